The van der Waals surface area contributed by atoms with Crippen LogP contribution in [0.25, 0.3) is 10.9 Å². The number of fused-ring (bicyclic) bond motifs is 2. The van der Waals surface area contributed by atoms with Crippen molar-refractivity contribution in [2.45, 2.75) is 19.9 Å². The van der Waals surface area contributed by atoms with Gasteiger partial charge in [-0.05, 0) is 42.7 Å². The van der Waals surface area contributed by atoms with E-state index in [1.54, 1.807) is 6.07 Å². The van der Waals surface area contributed by atoms with Crippen molar-refractivity contribution in [3.8, 4) is 0 Å². The molecule has 1 aliphatic rings. The van der Waals surface area contributed by atoms with Crippen LogP contribution in [0.4, 0.5) is 0 Å². The normalized spacial score (nSPS) is 13.5. The molecule has 0 fully saturated rings. The molecular weight excluding hydrogens is 326 g/mol. The molecule has 0 saturated heterocycles. The molecule has 0 atom stereocenters. The third-order valence-corrected chi connectivity index (χ3v) is 4.89. The summed E-state index contributed by atoms with van der Waals surface area (Å²) in [5, 5.41) is 0.861. The van der Waals surface area contributed by atoms with Crippen molar-refractivity contribution in [3.05, 3.63) is 76.5 Å². The molecule has 130 valence electrons. The van der Waals surface area contributed by atoms with Crippen LogP contribution in [0.1, 0.15) is 37.5 Å². The molecule has 0 spiro atoms. The summed E-state index contributed by atoms with van der Waals surface area (Å²) in [6, 6.07) is 15.1. The average molecular weight is 345 g/mol. The van der Waals surface area contributed by atoms with E-state index in [4.69, 9.17) is 5.73 Å². The molecule has 2 N–H and O–H groups in total. The topological polar surface area (TPSA) is 76.3 Å². The summed E-state index contributed by atoms with van der Waals surface area (Å²) in [5.74, 6) is -0.431. The molecule has 26 heavy (non-hydrogen) atoms. The van der Waals surface area contributed by atoms with Crippen LogP contribution in [0.3, 0.4) is 0 Å². The number of amides is 2. The quantitative estimate of drug-likeness (QED) is 0.776. The van der Waals surface area contributed by atoms with Gasteiger partial charge in [0.15, 0.2) is 0 Å². The first-order chi connectivity index (χ1) is 12.5. The zero-order chi connectivity index (χ0) is 18.3. The molecule has 1 aliphatic heterocycles. The Bertz CT molecular complexity index is 1040. The molecule has 0 bridgehead atoms. The number of carbonyl (C=O) groups excluding carboxylic acids is 2. The van der Waals surface area contributed by atoms with Crippen LogP contribution in [-0.2, 0) is 13.0 Å². The molecule has 2 aromatic carbocycles. The largest absolute Gasteiger partial charge is 0.366 e. The summed E-state index contributed by atoms with van der Waals surface area (Å²) < 4.78 is 0. The first-order valence-electron chi connectivity index (χ1n) is 8.61. The minimum atomic E-state index is -0.419. The van der Waals surface area contributed by atoms with Gasteiger partial charge in [0.25, 0.3) is 5.91 Å². The second-order valence-corrected chi connectivity index (χ2v) is 6.61. The lowest BCUT2D eigenvalue weighted by Crippen LogP contribution is -2.37. The maximum Gasteiger partial charge on any atom is 0.254 e. The van der Waals surface area contributed by atoms with E-state index in [-0.39, 0.29) is 5.91 Å². The van der Waals surface area contributed by atoms with Crippen LogP contribution in [0.15, 0.2) is 48.5 Å². The lowest BCUT2D eigenvalue weighted by atomic mass is 9.93. The lowest BCUT2D eigenvalue weighted by Gasteiger charge is -2.30. The number of rotatable bonds is 2. The number of hydrogen-bond acceptors (Lipinski definition) is 3. The van der Waals surface area contributed by atoms with Gasteiger partial charge in [-0.15, -0.1) is 0 Å². The highest BCUT2D eigenvalue weighted by molar-refractivity contribution is 6.06. The van der Waals surface area contributed by atoms with Gasteiger partial charge in [-0.2, -0.15) is 0 Å². The van der Waals surface area contributed by atoms with Crippen LogP contribution in [0, 0.1) is 6.92 Å². The van der Waals surface area contributed by atoms with Gasteiger partial charge in [0.1, 0.15) is 0 Å². The number of pyridine rings is 1. The molecular formula is C21H19N3O2. The highest BCUT2D eigenvalue weighted by Crippen LogP contribution is 2.26. The molecule has 2 heterocycles. The second kappa shape index (κ2) is 6.26. The fourth-order valence-corrected chi connectivity index (χ4v) is 3.67. The monoisotopic (exact) mass is 345 g/mol. The molecule has 5 nitrogen and oxygen atoms in total. The Morgan fingerprint density at radius 3 is 2.69 bits per heavy atom. The summed E-state index contributed by atoms with van der Waals surface area (Å²) in [7, 11) is 0. The maximum absolute atomic E-state index is 13.2. The zero-order valence-corrected chi connectivity index (χ0v) is 14.5. The molecule has 2 amide bonds. The Morgan fingerprint density at radius 1 is 1.08 bits per heavy atom. The fourth-order valence-electron chi connectivity index (χ4n) is 3.67. The molecule has 1 aromatic heterocycles. The van der Waals surface area contributed by atoms with E-state index in [9.17, 15) is 9.59 Å². The van der Waals surface area contributed by atoms with E-state index in [0.717, 1.165) is 27.7 Å². The minimum Gasteiger partial charge on any atom is -0.366 e. The van der Waals surface area contributed by atoms with Gasteiger partial charge in [-0.1, -0.05) is 30.3 Å². The highest BCUT2D eigenvalue weighted by atomic mass is 16.2. The van der Waals surface area contributed by atoms with Crippen LogP contribution < -0.4 is 5.73 Å². The SMILES string of the molecule is Cc1cc(C(=O)N2CCc3c(cccc3C(N)=O)C2)c2ccccc2n1. The van der Waals surface area contributed by atoms with Gasteiger partial charge in [0.05, 0.1) is 11.1 Å². The van der Waals surface area contributed by atoms with Crippen LogP contribution in [0.2, 0.25) is 0 Å². The van der Waals surface area contributed by atoms with Crippen molar-refractivity contribution < 1.29 is 9.59 Å². The van der Waals surface area contributed by atoms with Crippen molar-refractivity contribution in [1.82, 2.24) is 9.88 Å². The van der Waals surface area contributed by atoms with Crippen LogP contribution >= 0.6 is 0 Å². The number of nitrogens with two attached hydrogens (primary N) is 1. The number of benzene rings is 2. The Morgan fingerprint density at radius 2 is 1.88 bits per heavy atom. The highest BCUT2D eigenvalue weighted by Gasteiger charge is 2.25. The molecule has 3 aromatic rings. The smallest absolute Gasteiger partial charge is 0.254 e. The molecule has 0 saturated carbocycles. The summed E-state index contributed by atoms with van der Waals surface area (Å²) in [6.45, 7) is 2.94. The summed E-state index contributed by atoms with van der Waals surface area (Å²) in [5.41, 5.74) is 10.3. The van der Waals surface area contributed by atoms with Crippen LogP contribution in [-0.4, -0.2) is 28.2 Å². The van der Waals surface area contributed by atoms with Crippen molar-refractivity contribution in [2.24, 2.45) is 5.73 Å². The number of para-hydroxylation sites is 1. The van der Waals surface area contributed by atoms with E-state index in [0.29, 0.717) is 30.6 Å². The summed E-state index contributed by atoms with van der Waals surface area (Å²) in [4.78, 5) is 31.2. The van der Waals surface area contributed by atoms with Crippen molar-refractivity contribution in [2.75, 3.05) is 6.54 Å². The number of nitrogens with zero attached hydrogens (tertiary/aromatic N) is 2. The predicted molar refractivity (Wildman–Crippen MR) is 99.9 cm³/mol. The minimum absolute atomic E-state index is 0.0122. The fraction of sp³-hybridized carbons (Fsp3) is 0.190. The summed E-state index contributed by atoms with van der Waals surface area (Å²) >= 11 is 0. The third-order valence-electron chi connectivity index (χ3n) is 4.89. The Balaban J connectivity index is 1.71. The molecule has 0 unspecified atom stereocenters. The average Bonchev–Trinajstić information content (AvgIpc) is 2.65. The molecule has 0 radical (unpaired) electrons. The van der Waals surface area contributed by atoms with E-state index in [1.165, 1.54) is 0 Å². The second-order valence-electron chi connectivity index (χ2n) is 6.61. The van der Waals surface area contributed by atoms with Gasteiger partial charge in [-0.25, -0.2) is 0 Å². The van der Waals surface area contributed by atoms with Crippen LogP contribution in [0.5, 0.6) is 0 Å². The Kier molecular flexibility index (Phi) is 3.92. The Hall–Kier alpha value is -3.21. The van der Waals surface area contributed by atoms with Gasteiger partial charge in [0.2, 0.25) is 5.91 Å². The van der Waals surface area contributed by atoms with Crippen molar-refractivity contribution >= 4 is 22.7 Å². The Labute approximate surface area is 151 Å². The molecule has 4 rings (SSSR count). The number of carbonyl (C=O) groups is 2. The van der Waals surface area contributed by atoms with Gasteiger partial charge >= 0.3 is 0 Å². The first-order valence-corrected chi connectivity index (χ1v) is 8.61. The predicted octanol–water partition coefficient (Wildman–Crippen LogP) is 2.84. The van der Waals surface area contributed by atoms with Gasteiger partial charge in [0, 0.05) is 29.7 Å². The standard InChI is InChI=1S/C21H19N3O2/c1-13-11-18(16-6-2-3-8-19(16)23-13)21(26)24-10-9-15-14(12-24)5-4-7-17(15)20(22)25/h2-8,11H,9-10,12H2,1H3,(H2,22,25). The van der Waals surface area contributed by atoms with E-state index < -0.39 is 5.91 Å². The molecule has 0 aliphatic carbocycles. The number of hydrogen-bond donors (Lipinski definition) is 1. The molecule has 5 heteroatoms. The first kappa shape index (κ1) is 16.3. The van der Waals surface area contributed by atoms with Gasteiger partial charge in [-0.3, -0.25) is 14.6 Å². The zero-order valence-electron chi connectivity index (χ0n) is 14.5. The van der Waals surface area contributed by atoms with Crippen molar-refractivity contribution in [1.29, 1.82) is 0 Å². The van der Waals surface area contributed by atoms with Gasteiger partial charge < -0.3 is 10.6 Å². The van der Waals surface area contributed by atoms with E-state index in [1.807, 2.05) is 54.3 Å². The van der Waals surface area contributed by atoms with E-state index in [2.05, 4.69) is 4.98 Å². The van der Waals surface area contributed by atoms with E-state index >= 15 is 0 Å². The van der Waals surface area contributed by atoms with Crippen molar-refractivity contribution in [3.63, 3.8) is 0 Å². The number of aromatic nitrogens is 1. The lowest BCUT2D eigenvalue weighted by molar-refractivity contribution is 0.0736. The summed E-state index contributed by atoms with van der Waals surface area (Å²) in [6.07, 6.45) is 0.627. The third kappa shape index (κ3) is 2.71. The number of aryl methyl sites for hydroxylation is 1. The number of primary amides is 1. The maximum atomic E-state index is 13.2.